The van der Waals surface area contributed by atoms with Crippen molar-refractivity contribution in [3.05, 3.63) is 47.7 Å². The fourth-order valence-electron chi connectivity index (χ4n) is 1.35. The molecule has 0 aliphatic carbocycles. The summed E-state index contributed by atoms with van der Waals surface area (Å²) in [6, 6.07) is 6.98. The number of nitrogens with zero attached hydrogens (tertiary/aromatic N) is 1. The number of hydrogen-bond donors (Lipinski definition) is 2. The summed E-state index contributed by atoms with van der Waals surface area (Å²) in [4.78, 5) is 16.6. The third-order valence-electron chi connectivity index (χ3n) is 2.20. The number of thiol groups is 1. The Labute approximate surface area is 104 Å². The van der Waals surface area contributed by atoms with Crippen molar-refractivity contribution in [3.8, 4) is 0 Å². The molecule has 5 heteroatoms. The minimum absolute atomic E-state index is 0.158. The second-order valence-corrected chi connectivity index (χ2v) is 4.11. The van der Waals surface area contributed by atoms with Crippen LogP contribution in [0.5, 0.6) is 0 Å². The van der Waals surface area contributed by atoms with E-state index >= 15 is 0 Å². The number of oxazole rings is 1. The molecule has 0 aliphatic rings. The summed E-state index contributed by atoms with van der Waals surface area (Å²) in [7, 11) is 0. The first-order valence-electron chi connectivity index (χ1n) is 5.13. The van der Waals surface area contributed by atoms with Crippen molar-refractivity contribution in [1.29, 1.82) is 0 Å². The predicted molar refractivity (Wildman–Crippen MR) is 66.1 cm³/mol. The molecule has 1 N–H and O–H groups in total. The van der Waals surface area contributed by atoms with Gasteiger partial charge in [0.15, 0.2) is 0 Å². The van der Waals surface area contributed by atoms with Gasteiger partial charge in [-0.15, -0.1) is 12.6 Å². The van der Waals surface area contributed by atoms with Gasteiger partial charge in [0.05, 0.1) is 12.7 Å². The van der Waals surface area contributed by atoms with E-state index < -0.39 is 0 Å². The Hall–Kier alpha value is -1.75. The maximum absolute atomic E-state index is 11.7. The molecule has 2 aromatic rings. The molecule has 88 valence electrons. The molecule has 0 saturated heterocycles. The van der Waals surface area contributed by atoms with Gasteiger partial charge in [-0.25, -0.2) is 4.98 Å². The number of aromatic nitrogens is 1. The molecular weight excluding hydrogens is 236 g/mol. The van der Waals surface area contributed by atoms with E-state index in [0.29, 0.717) is 11.5 Å². The van der Waals surface area contributed by atoms with E-state index in [2.05, 4.69) is 22.9 Å². The van der Waals surface area contributed by atoms with Gasteiger partial charge in [-0.1, -0.05) is 0 Å². The Morgan fingerprint density at radius 3 is 2.71 bits per heavy atom. The molecule has 17 heavy (non-hydrogen) atoms. The molecule has 2 rings (SSSR count). The largest absolute Gasteiger partial charge is 0.444 e. The summed E-state index contributed by atoms with van der Waals surface area (Å²) in [5, 5.41) is 2.73. The SMILES string of the molecule is Cc1cnc(CNC(=O)c2ccc(S)cc2)o1. The lowest BCUT2D eigenvalue weighted by Crippen LogP contribution is -2.22. The number of carbonyl (C=O) groups excluding carboxylic acids is 1. The molecule has 0 atom stereocenters. The molecule has 4 nitrogen and oxygen atoms in total. The number of carbonyl (C=O) groups is 1. The highest BCUT2D eigenvalue weighted by molar-refractivity contribution is 7.80. The lowest BCUT2D eigenvalue weighted by atomic mass is 10.2. The van der Waals surface area contributed by atoms with Gasteiger partial charge in [-0.2, -0.15) is 0 Å². The fourth-order valence-corrected chi connectivity index (χ4v) is 1.50. The third-order valence-corrected chi connectivity index (χ3v) is 2.50. The Bertz CT molecular complexity index is 520. The Balaban J connectivity index is 1.95. The minimum Gasteiger partial charge on any atom is -0.444 e. The van der Waals surface area contributed by atoms with Crippen LogP contribution >= 0.6 is 12.6 Å². The van der Waals surface area contributed by atoms with Gasteiger partial charge in [0, 0.05) is 10.5 Å². The molecule has 1 amide bonds. The summed E-state index contributed by atoms with van der Waals surface area (Å²) in [5.74, 6) is 1.07. The molecule has 0 bridgehead atoms. The standard InChI is InChI=1S/C12H12N2O2S/c1-8-6-13-11(16-8)7-14-12(15)9-2-4-10(17)5-3-9/h2-6,17H,7H2,1H3,(H,14,15). The summed E-state index contributed by atoms with van der Waals surface area (Å²) < 4.78 is 5.25. The summed E-state index contributed by atoms with van der Waals surface area (Å²) in [5.41, 5.74) is 0.589. The summed E-state index contributed by atoms with van der Waals surface area (Å²) in [6.07, 6.45) is 1.62. The lowest BCUT2D eigenvalue weighted by molar-refractivity contribution is 0.0947. The van der Waals surface area contributed by atoms with Crippen LogP contribution < -0.4 is 5.32 Å². The van der Waals surface area contributed by atoms with E-state index in [1.807, 2.05) is 6.92 Å². The molecule has 0 radical (unpaired) electrons. The van der Waals surface area contributed by atoms with Crippen LogP contribution in [0.1, 0.15) is 22.0 Å². The van der Waals surface area contributed by atoms with Crippen LogP contribution in [0.2, 0.25) is 0 Å². The molecular formula is C12H12N2O2S. The number of rotatable bonds is 3. The average molecular weight is 248 g/mol. The van der Waals surface area contributed by atoms with Crippen molar-refractivity contribution in [3.63, 3.8) is 0 Å². The number of nitrogens with one attached hydrogen (secondary N) is 1. The van der Waals surface area contributed by atoms with E-state index in [4.69, 9.17) is 4.42 Å². The third kappa shape index (κ3) is 3.10. The summed E-state index contributed by atoms with van der Waals surface area (Å²) >= 11 is 4.16. The van der Waals surface area contributed by atoms with Crippen LogP contribution in [0.25, 0.3) is 0 Å². The van der Waals surface area contributed by atoms with E-state index in [-0.39, 0.29) is 12.5 Å². The van der Waals surface area contributed by atoms with Gasteiger partial charge in [0.1, 0.15) is 5.76 Å². The number of aryl methyl sites for hydroxylation is 1. The van der Waals surface area contributed by atoms with Crippen LogP contribution in [0.3, 0.4) is 0 Å². The van der Waals surface area contributed by atoms with Gasteiger partial charge in [-0.05, 0) is 31.2 Å². The highest BCUT2D eigenvalue weighted by Crippen LogP contribution is 2.08. The highest BCUT2D eigenvalue weighted by Gasteiger charge is 2.06. The van der Waals surface area contributed by atoms with Crippen LogP contribution in [-0.4, -0.2) is 10.9 Å². The molecule has 0 spiro atoms. The van der Waals surface area contributed by atoms with Crippen molar-refractivity contribution < 1.29 is 9.21 Å². The Morgan fingerprint density at radius 2 is 2.12 bits per heavy atom. The molecule has 1 aromatic heterocycles. The summed E-state index contributed by atoms with van der Waals surface area (Å²) in [6.45, 7) is 2.10. The number of amides is 1. The van der Waals surface area contributed by atoms with E-state index in [1.165, 1.54) is 0 Å². The molecule has 0 fully saturated rings. The monoisotopic (exact) mass is 248 g/mol. The molecule has 1 heterocycles. The second-order valence-electron chi connectivity index (χ2n) is 3.59. The molecule has 0 saturated carbocycles. The zero-order valence-corrected chi connectivity index (χ0v) is 10.2. The molecule has 0 unspecified atom stereocenters. The maximum atomic E-state index is 11.7. The van der Waals surface area contributed by atoms with Gasteiger partial charge < -0.3 is 9.73 Å². The molecule has 0 aliphatic heterocycles. The fraction of sp³-hybridized carbons (Fsp3) is 0.167. The van der Waals surface area contributed by atoms with Gasteiger partial charge in [-0.3, -0.25) is 4.79 Å². The van der Waals surface area contributed by atoms with E-state index in [0.717, 1.165) is 10.7 Å². The number of hydrogen-bond acceptors (Lipinski definition) is 4. The lowest BCUT2D eigenvalue weighted by Gasteiger charge is -2.02. The Morgan fingerprint density at radius 1 is 1.41 bits per heavy atom. The Kier molecular flexibility index (Phi) is 3.49. The van der Waals surface area contributed by atoms with Gasteiger partial charge in [0.25, 0.3) is 5.91 Å². The van der Waals surface area contributed by atoms with Crippen molar-refractivity contribution in [2.75, 3.05) is 0 Å². The van der Waals surface area contributed by atoms with Crippen LogP contribution in [0, 0.1) is 6.92 Å². The topological polar surface area (TPSA) is 55.1 Å². The number of benzene rings is 1. The van der Waals surface area contributed by atoms with Crippen LogP contribution in [-0.2, 0) is 6.54 Å². The predicted octanol–water partition coefficient (Wildman–Crippen LogP) is 2.20. The first-order chi connectivity index (χ1) is 8.15. The van der Waals surface area contributed by atoms with Crippen LogP contribution in [0.4, 0.5) is 0 Å². The first kappa shape index (κ1) is 11.7. The van der Waals surface area contributed by atoms with Gasteiger partial charge >= 0.3 is 0 Å². The zero-order chi connectivity index (χ0) is 12.3. The van der Waals surface area contributed by atoms with Crippen molar-refractivity contribution in [2.24, 2.45) is 0 Å². The zero-order valence-electron chi connectivity index (χ0n) is 9.30. The van der Waals surface area contributed by atoms with Crippen molar-refractivity contribution >= 4 is 18.5 Å². The quantitative estimate of drug-likeness (QED) is 0.819. The smallest absolute Gasteiger partial charge is 0.251 e. The molecule has 1 aromatic carbocycles. The minimum atomic E-state index is -0.158. The average Bonchev–Trinajstić information content (AvgIpc) is 2.73. The van der Waals surface area contributed by atoms with Crippen molar-refractivity contribution in [2.45, 2.75) is 18.4 Å². The normalized spacial score (nSPS) is 10.2. The van der Waals surface area contributed by atoms with Crippen LogP contribution in [0.15, 0.2) is 39.8 Å². The van der Waals surface area contributed by atoms with E-state index in [9.17, 15) is 4.79 Å². The van der Waals surface area contributed by atoms with Crippen molar-refractivity contribution in [1.82, 2.24) is 10.3 Å². The second kappa shape index (κ2) is 5.05. The maximum Gasteiger partial charge on any atom is 0.251 e. The highest BCUT2D eigenvalue weighted by atomic mass is 32.1. The van der Waals surface area contributed by atoms with Gasteiger partial charge in [0.2, 0.25) is 5.89 Å². The van der Waals surface area contributed by atoms with E-state index in [1.54, 1.807) is 30.5 Å². The first-order valence-corrected chi connectivity index (χ1v) is 5.58.